The molecule has 0 spiro atoms. The quantitative estimate of drug-likeness (QED) is 0.784. The summed E-state index contributed by atoms with van der Waals surface area (Å²) >= 11 is 1.67. The van der Waals surface area contributed by atoms with Crippen molar-refractivity contribution in [3.8, 4) is 0 Å². The summed E-state index contributed by atoms with van der Waals surface area (Å²) in [5, 5.41) is 10.7. The SMILES string of the molecule is COCc1nc(C2CCCCN2c2ncnc3scc(C)c23)n[nH]1. The lowest BCUT2D eigenvalue weighted by atomic mass is 10.0. The standard InChI is InChI=1S/C16H20N6OS/c1-10-8-24-16-13(10)15(17-9-18-16)22-6-4-3-5-11(22)14-19-12(7-23-2)20-21-14/h8-9,11H,3-7H2,1-2H3,(H,19,20,21). The third-order valence-corrected chi connectivity index (χ3v) is 5.44. The second-order valence-corrected chi connectivity index (χ2v) is 6.93. The van der Waals surface area contributed by atoms with Crippen LogP contribution in [0.2, 0.25) is 0 Å². The Bertz CT molecular complexity index is 844. The van der Waals surface area contributed by atoms with Crippen LogP contribution in [0.1, 0.15) is 42.5 Å². The van der Waals surface area contributed by atoms with Crippen molar-refractivity contribution >= 4 is 27.4 Å². The highest BCUT2D eigenvalue weighted by molar-refractivity contribution is 7.17. The molecule has 0 aromatic carbocycles. The van der Waals surface area contributed by atoms with Gasteiger partial charge in [0.1, 0.15) is 23.6 Å². The molecule has 0 saturated carbocycles. The number of anilines is 1. The van der Waals surface area contributed by atoms with E-state index in [9.17, 15) is 0 Å². The van der Waals surface area contributed by atoms with Gasteiger partial charge in [0.05, 0.1) is 11.4 Å². The van der Waals surface area contributed by atoms with E-state index in [4.69, 9.17) is 4.74 Å². The van der Waals surface area contributed by atoms with Crippen molar-refractivity contribution in [3.63, 3.8) is 0 Å². The maximum absolute atomic E-state index is 5.14. The number of H-pyrrole nitrogens is 1. The molecule has 1 atom stereocenters. The molecule has 1 unspecified atom stereocenters. The summed E-state index contributed by atoms with van der Waals surface area (Å²) in [6.07, 6.45) is 5.01. The van der Waals surface area contributed by atoms with Crippen molar-refractivity contribution in [2.24, 2.45) is 0 Å². The van der Waals surface area contributed by atoms with Crippen LogP contribution in [-0.2, 0) is 11.3 Å². The van der Waals surface area contributed by atoms with Crippen LogP contribution in [0, 0.1) is 6.92 Å². The zero-order valence-corrected chi connectivity index (χ0v) is 14.6. The molecule has 1 fully saturated rings. The number of aromatic amines is 1. The number of nitrogens with one attached hydrogen (secondary N) is 1. The number of fused-ring (bicyclic) bond motifs is 1. The summed E-state index contributed by atoms with van der Waals surface area (Å²) in [6.45, 7) is 3.52. The Morgan fingerprint density at radius 3 is 3.17 bits per heavy atom. The summed E-state index contributed by atoms with van der Waals surface area (Å²) in [7, 11) is 1.66. The van der Waals surface area contributed by atoms with Gasteiger partial charge in [0.25, 0.3) is 0 Å². The number of aryl methyl sites for hydroxylation is 1. The van der Waals surface area contributed by atoms with Gasteiger partial charge in [-0.1, -0.05) is 0 Å². The summed E-state index contributed by atoms with van der Waals surface area (Å²) in [5.41, 5.74) is 1.23. The van der Waals surface area contributed by atoms with Gasteiger partial charge < -0.3 is 9.64 Å². The van der Waals surface area contributed by atoms with E-state index in [1.807, 2.05) is 0 Å². The number of nitrogens with zero attached hydrogens (tertiary/aromatic N) is 5. The minimum atomic E-state index is 0.137. The molecule has 1 saturated heterocycles. The summed E-state index contributed by atoms with van der Waals surface area (Å²) in [4.78, 5) is 17.0. The van der Waals surface area contributed by atoms with E-state index < -0.39 is 0 Å². The molecule has 1 N–H and O–H groups in total. The maximum atomic E-state index is 5.14. The third kappa shape index (κ3) is 2.65. The monoisotopic (exact) mass is 344 g/mol. The minimum Gasteiger partial charge on any atom is -0.377 e. The highest BCUT2D eigenvalue weighted by Crippen LogP contribution is 2.38. The molecule has 1 aliphatic heterocycles. The zero-order valence-electron chi connectivity index (χ0n) is 13.8. The molecule has 0 aliphatic carbocycles. The smallest absolute Gasteiger partial charge is 0.173 e. The Kier molecular flexibility index (Phi) is 4.15. The number of aromatic nitrogens is 5. The zero-order chi connectivity index (χ0) is 16.5. The normalized spacial score (nSPS) is 18.4. The molecule has 0 radical (unpaired) electrons. The molecule has 3 aromatic rings. The van der Waals surface area contributed by atoms with Gasteiger partial charge in [-0.15, -0.1) is 11.3 Å². The van der Waals surface area contributed by atoms with Gasteiger partial charge in [-0.05, 0) is 37.1 Å². The molecule has 126 valence electrons. The highest BCUT2D eigenvalue weighted by atomic mass is 32.1. The van der Waals surface area contributed by atoms with Crippen molar-refractivity contribution in [1.82, 2.24) is 25.1 Å². The Hall–Kier alpha value is -2.06. The lowest BCUT2D eigenvalue weighted by Crippen LogP contribution is -2.35. The summed E-state index contributed by atoms with van der Waals surface area (Å²) in [5.74, 6) is 2.58. The van der Waals surface area contributed by atoms with E-state index >= 15 is 0 Å². The molecular formula is C16H20N6OS. The first-order valence-corrected chi connectivity index (χ1v) is 9.01. The minimum absolute atomic E-state index is 0.137. The molecule has 3 aromatic heterocycles. The van der Waals surface area contributed by atoms with Crippen molar-refractivity contribution < 1.29 is 4.74 Å². The van der Waals surface area contributed by atoms with Gasteiger partial charge in [-0.25, -0.2) is 15.0 Å². The first-order valence-electron chi connectivity index (χ1n) is 8.13. The highest BCUT2D eigenvalue weighted by Gasteiger charge is 2.30. The second kappa shape index (κ2) is 6.45. The van der Waals surface area contributed by atoms with Gasteiger partial charge in [-0.3, -0.25) is 5.10 Å². The maximum Gasteiger partial charge on any atom is 0.173 e. The largest absolute Gasteiger partial charge is 0.377 e. The number of piperidine rings is 1. The fourth-order valence-electron chi connectivity index (χ4n) is 3.33. The first-order chi connectivity index (χ1) is 11.8. The van der Waals surface area contributed by atoms with E-state index in [1.54, 1.807) is 24.8 Å². The van der Waals surface area contributed by atoms with E-state index in [0.29, 0.717) is 6.61 Å². The molecule has 0 amide bonds. The number of methoxy groups -OCH3 is 1. The van der Waals surface area contributed by atoms with Crippen LogP contribution in [0.5, 0.6) is 0 Å². The number of hydrogen-bond donors (Lipinski definition) is 1. The van der Waals surface area contributed by atoms with Crippen molar-refractivity contribution in [1.29, 1.82) is 0 Å². The van der Waals surface area contributed by atoms with Crippen LogP contribution in [0.3, 0.4) is 0 Å². The molecule has 24 heavy (non-hydrogen) atoms. The number of hydrogen-bond acceptors (Lipinski definition) is 7. The van der Waals surface area contributed by atoms with Crippen LogP contribution >= 0.6 is 11.3 Å². The second-order valence-electron chi connectivity index (χ2n) is 6.07. The van der Waals surface area contributed by atoms with E-state index in [1.165, 1.54) is 12.0 Å². The molecule has 4 rings (SSSR count). The van der Waals surface area contributed by atoms with E-state index in [-0.39, 0.29) is 6.04 Å². The van der Waals surface area contributed by atoms with Crippen molar-refractivity contribution in [2.75, 3.05) is 18.6 Å². The van der Waals surface area contributed by atoms with E-state index in [0.717, 1.165) is 47.1 Å². The molecule has 1 aliphatic rings. The summed E-state index contributed by atoms with van der Waals surface area (Å²) in [6, 6.07) is 0.137. The van der Waals surface area contributed by atoms with Gasteiger partial charge in [0.2, 0.25) is 0 Å². The number of thiophene rings is 1. The Labute approximate surface area is 144 Å². The third-order valence-electron chi connectivity index (χ3n) is 4.44. The van der Waals surface area contributed by atoms with Crippen LogP contribution in [0.15, 0.2) is 11.7 Å². The molecular weight excluding hydrogens is 324 g/mol. The fourth-order valence-corrected chi connectivity index (χ4v) is 4.21. The van der Waals surface area contributed by atoms with Gasteiger partial charge in [-0.2, -0.15) is 5.10 Å². The van der Waals surface area contributed by atoms with Crippen molar-refractivity contribution in [3.05, 3.63) is 28.9 Å². The number of rotatable bonds is 4. The average molecular weight is 344 g/mol. The Balaban J connectivity index is 1.74. The fraction of sp³-hybridized carbons (Fsp3) is 0.500. The van der Waals surface area contributed by atoms with Crippen molar-refractivity contribution in [2.45, 2.75) is 38.8 Å². The Morgan fingerprint density at radius 1 is 1.38 bits per heavy atom. The first kappa shape index (κ1) is 15.5. The molecule has 7 nitrogen and oxygen atoms in total. The topological polar surface area (TPSA) is 79.8 Å². The Morgan fingerprint density at radius 2 is 2.29 bits per heavy atom. The van der Waals surface area contributed by atoms with Gasteiger partial charge in [0, 0.05) is 13.7 Å². The lowest BCUT2D eigenvalue weighted by Gasteiger charge is -2.35. The molecule has 4 heterocycles. The molecule has 0 bridgehead atoms. The lowest BCUT2D eigenvalue weighted by molar-refractivity contribution is 0.178. The summed E-state index contributed by atoms with van der Waals surface area (Å²) < 4.78 is 5.14. The van der Waals surface area contributed by atoms with Crippen LogP contribution < -0.4 is 4.90 Å². The number of ether oxygens (including phenoxy) is 1. The van der Waals surface area contributed by atoms with Crippen LogP contribution in [-0.4, -0.2) is 38.8 Å². The van der Waals surface area contributed by atoms with Gasteiger partial charge >= 0.3 is 0 Å². The average Bonchev–Trinajstić information content (AvgIpc) is 3.23. The van der Waals surface area contributed by atoms with Gasteiger partial charge in [0.15, 0.2) is 11.6 Å². The predicted octanol–water partition coefficient (Wildman–Crippen LogP) is 3.00. The van der Waals surface area contributed by atoms with E-state index in [2.05, 4.69) is 42.4 Å². The van der Waals surface area contributed by atoms with Crippen LogP contribution in [0.25, 0.3) is 10.2 Å². The predicted molar refractivity (Wildman–Crippen MR) is 93.2 cm³/mol. The molecule has 8 heteroatoms. The van der Waals surface area contributed by atoms with Crippen LogP contribution in [0.4, 0.5) is 5.82 Å².